The lowest BCUT2D eigenvalue weighted by atomic mass is 10.1. The number of halogens is 1. The van der Waals surface area contributed by atoms with E-state index in [1.54, 1.807) is 7.05 Å². The molecule has 2 rings (SSSR count). The first-order chi connectivity index (χ1) is 10.3. The van der Waals surface area contributed by atoms with Gasteiger partial charge in [0.1, 0.15) is 0 Å². The van der Waals surface area contributed by atoms with Crippen molar-refractivity contribution in [3.63, 3.8) is 0 Å². The molecule has 0 saturated heterocycles. The average Bonchev–Trinajstić information content (AvgIpc) is 2.54. The molecule has 2 N–H and O–H groups in total. The van der Waals surface area contributed by atoms with E-state index in [0.717, 1.165) is 24.6 Å². The Morgan fingerprint density at radius 2 is 1.95 bits per heavy atom. The normalized spacial score (nSPS) is 11.1. The molecule has 0 aliphatic rings. The van der Waals surface area contributed by atoms with E-state index in [1.807, 2.05) is 12.3 Å². The smallest absolute Gasteiger partial charge is 0.191 e. The summed E-state index contributed by atoms with van der Waals surface area (Å²) in [6.07, 6.45) is 5.49. The van der Waals surface area contributed by atoms with Gasteiger partial charge in [0.2, 0.25) is 0 Å². The Hall–Kier alpha value is -1.37. The number of pyridine rings is 1. The molecular weight excluding hydrogens is 387 g/mol. The number of aromatic nitrogens is 1. The van der Waals surface area contributed by atoms with Gasteiger partial charge in [-0.25, -0.2) is 0 Å². The molecule has 22 heavy (non-hydrogen) atoms. The lowest BCUT2D eigenvalue weighted by Crippen LogP contribution is -2.37. The minimum absolute atomic E-state index is 0. The minimum Gasteiger partial charge on any atom is -0.356 e. The average molecular weight is 412 g/mol. The van der Waals surface area contributed by atoms with Crippen LogP contribution in [0.2, 0.25) is 0 Å². The summed E-state index contributed by atoms with van der Waals surface area (Å²) in [7, 11) is 1.80. The molecule has 2 aromatic rings. The largest absolute Gasteiger partial charge is 0.356 e. The van der Waals surface area contributed by atoms with Crippen molar-refractivity contribution in [2.24, 2.45) is 4.99 Å². The van der Waals surface area contributed by atoms with E-state index < -0.39 is 0 Å². The molecule has 0 unspecified atom stereocenters. The summed E-state index contributed by atoms with van der Waals surface area (Å²) in [5.74, 6) is 0.846. The van der Waals surface area contributed by atoms with Crippen LogP contribution in [0.25, 0.3) is 10.9 Å². The summed E-state index contributed by atoms with van der Waals surface area (Å²) in [6.45, 7) is 3.89. The number of hydrogen-bond donors (Lipinski definition) is 2. The molecule has 0 atom stereocenters. The topological polar surface area (TPSA) is 49.3 Å². The molecule has 4 nitrogen and oxygen atoms in total. The van der Waals surface area contributed by atoms with E-state index in [0.29, 0.717) is 0 Å². The lowest BCUT2D eigenvalue weighted by Gasteiger charge is -2.12. The first-order valence-electron chi connectivity index (χ1n) is 7.62. The van der Waals surface area contributed by atoms with Gasteiger partial charge in [0.15, 0.2) is 5.96 Å². The Bertz CT molecular complexity index is 593. The Labute approximate surface area is 149 Å². The minimum atomic E-state index is 0. The molecule has 0 aliphatic heterocycles. The van der Waals surface area contributed by atoms with Crippen LogP contribution in [0, 0.1) is 0 Å². The summed E-state index contributed by atoms with van der Waals surface area (Å²) in [5, 5.41) is 7.86. The van der Waals surface area contributed by atoms with Crippen LogP contribution in [0.5, 0.6) is 0 Å². The zero-order valence-corrected chi connectivity index (χ0v) is 15.6. The fourth-order valence-corrected chi connectivity index (χ4v) is 2.29. The molecule has 0 aliphatic carbocycles. The molecular formula is C17H25IN4. The van der Waals surface area contributed by atoms with Gasteiger partial charge in [-0.1, -0.05) is 44.0 Å². The number of hydrogen-bond acceptors (Lipinski definition) is 2. The highest BCUT2D eigenvalue weighted by Crippen LogP contribution is 2.15. The third-order valence-electron chi connectivity index (χ3n) is 3.46. The molecule has 0 bridgehead atoms. The van der Waals surface area contributed by atoms with E-state index in [2.05, 4.69) is 51.8 Å². The van der Waals surface area contributed by atoms with Gasteiger partial charge in [-0.15, -0.1) is 24.0 Å². The summed E-state index contributed by atoms with van der Waals surface area (Å²) in [6, 6.07) is 10.3. The molecule has 1 aromatic carbocycles. The quantitative estimate of drug-likeness (QED) is 0.329. The van der Waals surface area contributed by atoms with E-state index in [9.17, 15) is 0 Å². The predicted molar refractivity (Wildman–Crippen MR) is 105 cm³/mol. The van der Waals surface area contributed by atoms with Crippen molar-refractivity contribution >= 4 is 40.8 Å². The van der Waals surface area contributed by atoms with E-state index in [4.69, 9.17) is 0 Å². The third kappa shape index (κ3) is 5.44. The summed E-state index contributed by atoms with van der Waals surface area (Å²) >= 11 is 0. The number of para-hydroxylation sites is 1. The van der Waals surface area contributed by atoms with Crippen LogP contribution in [-0.2, 0) is 6.54 Å². The predicted octanol–water partition coefficient (Wildman–Crippen LogP) is 3.71. The van der Waals surface area contributed by atoms with Crippen LogP contribution in [0.3, 0.4) is 0 Å². The van der Waals surface area contributed by atoms with Gasteiger partial charge in [0.25, 0.3) is 0 Å². The van der Waals surface area contributed by atoms with Crippen molar-refractivity contribution in [2.45, 2.75) is 32.7 Å². The molecule has 0 amide bonds. The first kappa shape index (κ1) is 18.7. The van der Waals surface area contributed by atoms with E-state index in [-0.39, 0.29) is 24.0 Å². The molecule has 120 valence electrons. The monoisotopic (exact) mass is 412 g/mol. The first-order valence-corrected chi connectivity index (χ1v) is 7.62. The van der Waals surface area contributed by atoms with E-state index in [1.165, 1.54) is 30.2 Å². The van der Waals surface area contributed by atoms with Crippen LogP contribution < -0.4 is 10.6 Å². The van der Waals surface area contributed by atoms with Gasteiger partial charge in [-0.2, -0.15) is 0 Å². The Morgan fingerprint density at radius 3 is 2.73 bits per heavy atom. The molecule has 0 saturated carbocycles. The zero-order valence-electron chi connectivity index (χ0n) is 13.3. The van der Waals surface area contributed by atoms with E-state index >= 15 is 0 Å². The number of nitrogens with one attached hydrogen (secondary N) is 2. The fourth-order valence-electron chi connectivity index (χ4n) is 2.29. The Kier molecular flexibility index (Phi) is 8.81. The van der Waals surface area contributed by atoms with Crippen LogP contribution in [0.4, 0.5) is 0 Å². The lowest BCUT2D eigenvalue weighted by molar-refractivity contribution is 0.683. The Morgan fingerprint density at radius 1 is 1.14 bits per heavy atom. The second-order valence-electron chi connectivity index (χ2n) is 5.05. The number of fused-ring (bicyclic) bond motifs is 1. The van der Waals surface area contributed by atoms with Gasteiger partial charge in [-0.3, -0.25) is 9.98 Å². The van der Waals surface area contributed by atoms with Crippen molar-refractivity contribution in [3.8, 4) is 0 Å². The number of unbranched alkanes of at least 4 members (excludes halogenated alkanes) is 2. The molecule has 0 radical (unpaired) electrons. The van der Waals surface area contributed by atoms with Gasteiger partial charge in [0.05, 0.1) is 5.52 Å². The van der Waals surface area contributed by atoms with Gasteiger partial charge >= 0.3 is 0 Å². The summed E-state index contributed by atoms with van der Waals surface area (Å²) < 4.78 is 0. The van der Waals surface area contributed by atoms with Crippen LogP contribution in [-0.4, -0.2) is 24.5 Å². The second kappa shape index (κ2) is 10.4. The molecule has 5 heteroatoms. The van der Waals surface area contributed by atoms with Crippen molar-refractivity contribution < 1.29 is 0 Å². The summed E-state index contributed by atoms with van der Waals surface area (Å²) in [4.78, 5) is 8.73. The van der Waals surface area contributed by atoms with Crippen LogP contribution in [0.15, 0.2) is 41.5 Å². The van der Waals surface area contributed by atoms with Gasteiger partial charge in [-0.05, 0) is 18.1 Å². The van der Waals surface area contributed by atoms with Crippen molar-refractivity contribution in [1.29, 1.82) is 0 Å². The number of benzene rings is 1. The maximum atomic E-state index is 4.47. The standard InChI is InChI=1S/C17H24N4.HI/c1-3-4-5-11-20-17(18-2)21-13-15-9-6-8-14-10-7-12-19-16(14)15;/h6-10,12H,3-5,11,13H2,1-2H3,(H2,18,20,21);1H. The summed E-state index contributed by atoms with van der Waals surface area (Å²) in [5.41, 5.74) is 2.23. The van der Waals surface area contributed by atoms with Crippen molar-refractivity contribution in [2.75, 3.05) is 13.6 Å². The molecule has 0 fully saturated rings. The van der Waals surface area contributed by atoms with Crippen LogP contribution >= 0.6 is 24.0 Å². The molecule has 0 spiro atoms. The third-order valence-corrected chi connectivity index (χ3v) is 3.46. The molecule has 1 heterocycles. The van der Waals surface area contributed by atoms with Crippen molar-refractivity contribution in [3.05, 3.63) is 42.1 Å². The van der Waals surface area contributed by atoms with Crippen LogP contribution in [0.1, 0.15) is 31.7 Å². The maximum absolute atomic E-state index is 4.47. The highest BCUT2D eigenvalue weighted by atomic mass is 127. The SMILES string of the molecule is CCCCCNC(=NC)NCc1cccc2cccnc12.I. The number of rotatable bonds is 6. The molecule has 1 aromatic heterocycles. The van der Waals surface area contributed by atoms with Crippen molar-refractivity contribution in [1.82, 2.24) is 15.6 Å². The fraction of sp³-hybridized carbons (Fsp3) is 0.412. The maximum Gasteiger partial charge on any atom is 0.191 e. The zero-order chi connectivity index (χ0) is 14.9. The number of nitrogens with zero attached hydrogens (tertiary/aromatic N) is 2. The number of guanidine groups is 1. The van der Waals surface area contributed by atoms with Gasteiger partial charge in [0, 0.05) is 31.7 Å². The second-order valence-corrected chi connectivity index (χ2v) is 5.05. The van der Waals surface area contributed by atoms with Gasteiger partial charge < -0.3 is 10.6 Å². The Balaban J connectivity index is 0.00000242. The number of aliphatic imine (C=N–C) groups is 1. The highest BCUT2D eigenvalue weighted by Gasteiger charge is 2.03. The highest BCUT2D eigenvalue weighted by molar-refractivity contribution is 14.0.